The SMILES string of the molecule is CC(=O)c1c(C(=O)O)[nH]c(=O)n(-c2ccccc2)c1=O. The first kappa shape index (κ1) is 13.5. The van der Waals surface area contributed by atoms with Crippen molar-refractivity contribution in [3.63, 3.8) is 0 Å². The van der Waals surface area contributed by atoms with E-state index in [0.717, 1.165) is 11.5 Å². The van der Waals surface area contributed by atoms with E-state index < -0.39 is 34.3 Å². The van der Waals surface area contributed by atoms with Crippen LogP contribution in [0.5, 0.6) is 0 Å². The summed E-state index contributed by atoms with van der Waals surface area (Å²) in [6, 6.07) is 7.92. The van der Waals surface area contributed by atoms with Crippen molar-refractivity contribution in [1.82, 2.24) is 9.55 Å². The van der Waals surface area contributed by atoms with Gasteiger partial charge in [-0.2, -0.15) is 0 Å². The minimum absolute atomic E-state index is 0.248. The molecule has 0 fully saturated rings. The topological polar surface area (TPSA) is 109 Å². The lowest BCUT2D eigenvalue weighted by molar-refractivity contribution is 0.0684. The van der Waals surface area contributed by atoms with Gasteiger partial charge in [0.2, 0.25) is 0 Å². The van der Waals surface area contributed by atoms with Crippen molar-refractivity contribution in [3.8, 4) is 5.69 Å². The number of benzene rings is 1. The maximum atomic E-state index is 12.2. The quantitative estimate of drug-likeness (QED) is 0.788. The number of para-hydroxylation sites is 1. The number of nitrogens with one attached hydrogen (secondary N) is 1. The number of aromatic amines is 1. The molecule has 1 aromatic heterocycles. The van der Waals surface area contributed by atoms with Crippen molar-refractivity contribution in [3.05, 3.63) is 62.4 Å². The van der Waals surface area contributed by atoms with Gasteiger partial charge in [-0.15, -0.1) is 0 Å². The highest BCUT2D eigenvalue weighted by molar-refractivity contribution is 6.03. The van der Waals surface area contributed by atoms with Crippen molar-refractivity contribution < 1.29 is 14.7 Å². The maximum Gasteiger partial charge on any atom is 0.353 e. The molecule has 0 aliphatic heterocycles. The molecule has 0 aliphatic carbocycles. The van der Waals surface area contributed by atoms with Crippen LogP contribution < -0.4 is 11.2 Å². The minimum atomic E-state index is -1.54. The molecule has 0 saturated carbocycles. The van der Waals surface area contributed by atoms with E-state index in [4.69, 9.17) is 5.11 Å². The van der Waals surface area contributed by atoms with E-state index in [1.807, 2.05) is 0 Å². The Morgan fingerprint density at radius 2 is 1.75 bits per heavy atom. The first-order valence-corrected chi connectivity index (χ1v) is 5.62. The molecule has 1 aromatic carbocycles. The van der Waals surface area contributed by atoms with Gasteiger partial charge in [0.25, 0.3) is 5.56 Å². The zero-order chi connectivity index (χ0) is 14.9. The molecule has 0 aliphatic rings. The van der Waals surface area contributed by atoms with Crippen LogP contribution in [0.15, 0.2) is 39.9 Å². The average Bonchev–Trinajstić information content (AvgIpc) is 2.38. The molecule has 0 amide bonds. The second-order valence-electron chi connectivity index (χ2n) is 4.02. The van der Waals surface area contributed by atoms with Gasteiger partial charge in [0.15, 0.2) is 5.78 Å². The number of carbonyl (C=O) groups excluding carboxylic acids is 1. The largest absolute Gasteiger partial charge is 0.477 e. The second kappa shape index (κ2) is 4.96. The van der Waals surface area contributed by atoms with Gasteiger partial charge in [-0.25, -0.2) is 14.2 Å². The normalized spacial score (nSPS) is 10.2. The molecule has 0 atom stereocenters. The van der Waals surface area contributed by atoms with Crippen LogP contribution in [-0.2, 0) is 0 Å². The highest BCUT2D eigenvalue weighted by Crippen LogP contribution is 2.04. The van der Waals surface area contributed by atoms with Crippen molar-refractivity contribution in [2.75, 3.05) is 0 Å². The number of hydrogen-bond acceptors (Lipinski definition) is 4. The monoisotopic (exact) mass is 274 g/mol. The number of carbonyl (C=O) groups is 2. The van der Waals surface area contributed by atoms with Gasteiger partial charge in [-0.3, -0.25) is 9.59 Å². The molecule has 7 heteroatoms. The summed E-state index contributed by atoms with van der Waals surface area (Å²) in [6.07, 6.45) is 0. The van der Waals surface area contributed by atoms with Crippen LogP contribution in [0.3, 0.4) is 0 Å². The Bertz CT molecular complexity index is 802. The molecule has 102 valence electrons. The number of aromatic carboxylic acids is 1. The number of Topliss-reactive ketones (excluding diaryl/α,β-unsaturated/α-hetero) is 1. The lowest BCUT2D eigenvalue weighted by Gasteiger charge is -2.08. The number of ketones is 1. The number of hydrogen-bond donors (Lipinski definition) is 2. The van der Waals surface area contributed by atoms with E-state index in [-0.39, 0.29) is 5.69 Å². The molecular weight excluding hydrogens is 264 g/mol. The van der Waals surface area contributed by atoms with Gasteiger partial charge in [0.05, 0.1) is 5.69 Å². The molecule has 0 saturated heterocycles. The van der Waals surface area contributed by atoms with Gasteiger partial charge in [-0.1, -0.05) is 18.2 Å². The standard InChI is InChI=1S/C13H10N2O5/c1-7(16)9-10(12(18)19)14-13(20)15(11(9)17)8-5-3-2-4-6-8/h2-6H,1H3,(H,14,20)(H,18,19). The fraction of sp³-hybridized carbons (Fsp3) is 0.0769. The third-order valence-corrected chi connectivity index (χ3v) is 2.68. The average molecular weight is 274 g/mol. The lowest BCUT2D eigenvalue weighted by Crippen LogP contribution is -2.39. The fourth-order valence-electron chi connectivity index (χ4n) is 1.83. The van der Waals surface area contributed by atoms with E-state index in [2.05, 4.69) is 4.98 Å². The first-order valence-electron chi connectivity index (χ1n) is 5.62. The van der Waals surface area contributed by atoms with E-state index >= 15 is 0 Å². The molecule has 20 heavy (non-hydrogen) atoms. The third kappa shape index (κ3) is 2.16. The van der Waals surface area contributed by atoms with Gasteiger partial charge >= 0.3 is 11.7 Å². The molecular formula is C13H10N2O5. The summed E-state index contributed by atoms with van der Waals surface area (Å²) in [6.45, 7) is 1.07. The summed E-state index contributed by atoms with van der Waals surface area (Å²) >= 11 is 0. The zero-order valence-electron chi connectivity index (χ0n) is 10.4. The number of aromatic nitrogens is 2. The van der Waals surface area contributed by atoms with Crippen LogP contribution in [0.2, 0.25) is 0 Å². The molecule has 1 heterocycles. The van der Waals surface area contributed by atoms with Crippen LogP contribution in [0.1, 0.15) is 27.8 Å². The van der Waals surface area contributed by atoms with Gasteiger partial charge in [0.1, 0.15) is 11.3 Å². The number of nitrogens with zero attached hydrogens (tertiary/aromatic N) is 1. The molecule has 7 nitrogen and oxygen atoms in total. The second-order valence-corrected chi connectivity index (χ2v) is 4.02. The Hall–Kier alpha value is -2.96. The summed E-state index contributed by atoms with van der Waals surface area (Å²) in [4.78, 5) is 48.6. The van der Waals surface area contributed by atoms with Gasteiger partial charge < -0.3 is 10.1 Å². The Kier molecular flexibility index (Phi) is 3.34. The smallest absolute Gasteiger partial charge is 0.353 e. The third-order valence-electron chi connectivity index (χ3n) is 2.68. The van der Waals surface area contributed by atoms with Crippen LogP contribution in [-0.4, -0.2) is 26.4 Å². The predicted molar refractivity (Wildman–Crippen MR) is 69.6 cm³/mol. The highest BCUT2D eigenvalue weighted by Gasteiger charge is 2.22. The van der Waals surface area contributed by atoms with Crippen LogP contribution in [0, 0.1) is 0 Å². The summed E-state index contributed by atoms with van der Waals surface area (Å²) < 4.78 is 0.725. The molecule has 2 rings (SSSR count). The number of carboxylic acid groups (broad SMARTS) is 1. The maximum absolute atomic E-state index is 12.2. The molecule has 2 aromatic rings. The molecule has 0 radical (unpaired) electrons. The van der Waals surface area contributed by atoms with E-state index in [1.54, 1.807) is 18.2 Å². The van der Waals surface area contributed by atoms with Crippen molar-refractivity contribution >= 4 is 11.8 Å². The fourth-order valence-corrected chi connectivity index (χ4v) is 1.83. The molecule has 0 unspecified atom stereocenters. The highest BCUT2D eigenvalue weighted by atomic mass is 16.4. The van der Waals surface area contributed by atoms with Gasteiger partial charge in [-0.05, 0) is 19.1 Å². The number of H-pyrrole nitrogens is 1. The summed E-state index contributed by atoms with van der Waals surface area (Å²) in [7, 11) is 0. The minimum Gasteiger partial charge on any atom is -0.477 e. The van der Waals surface area contributed by atoms with Gasteiger partial charge in [0, 0.05) is 0 Å². The zero-order valence-corrected chi connectivity index (χ0v) is 10.4. The molecule has 0 spiro atoms. The predicted octanol–water partition coefficient (Wildman–Crippen LogP) is 0.427. The Morgan fingerprint density at radius 3 is 2.25 bits per heavy atom. The van der Waals surface area contributed by atoms with E-state index in [1.165, 1.54) is 12.1 Å². The van der Waals surface area contributed by atoms with Crippen LogP contribution >= 0.6 is 0 Å². The van der Waals surface area contributed by atoms with Crippen LogP contribution in [0.4, 0.5) is 0 Å². The Balaban J connectivity index is 2.90. The molecule has 0 bridgehead atoms. The number of rotatable bonds is 3. The first-order chi connectivity index (χ1) is 9.43. The summed E-state index contributed by atoms with van der Waals surface area (Å²) in [5.74, 6) is -2.27. The summed E-state index contributed by atoms with van der Waals surface area (Å²) in [5.41, 5.74) is -2.87. The van der Waals surface area contributed by atoms with E-state index in [9.17, 15) is 19.2 Å². The molecule has 2 N–H and O–H groups in total. The van der Waals surface area contributed by atoms with Crippen molar-refractivity contribution in [2.45, 2.75) is 6.92 Å². The van der Waals surface area contributed by atoms with Crippen molar-refractivity contribution in [2.24, 2.45) is 0 Å². The Morgan fingerprint density at radius 1 is 1.15 bits per heavy atom. The van der Waals surface area contributed by atoms with E-state index in [0.29, 0.717) is 0 Å². The summed E-state index contributed by atoms with van der Waals surface area (Å²) in [5, 5.41) is 8.95. The van der Waals surface area contributed by atoms with Crippen LogP contribution in [0.25, 0.3) is 5.69 Å². The Labute approximate surface area is 112 Å². The lowest BCUT2D eigenvalue weighted by atomic mass is 10.1. The van der Waals surface area contributed by atoms with Crippen molar-refractivity contribution in [1.29, 1.82) is 0 Å². The number of carboxylic acids is 1.